The fraction of sp³-hybridized carbons (Fsp3) is 0.290. The molecule has 10 nitrogen and oxygen atoms in total. The third-order valence-electron chi connectivity index (χ3n) is 6.60. The van der Waals surface area contributed by atoms with E-state index in [2.05, 4.69) is 15.5 Å². The predicted octanol–water partition coefficient (Wildman–Crippen LogP) is 4.24. The largest absolute Gasteiger partial charge is 0.461 e. The van der Waals surface area contributed by atoms with Gasteiger partial charge in [0.25, 0.3) is 5.91 Å². The topological polar surface area (TPSA) is 124 Å². The van der Waals surface area contributed by atoms with Gasteiger partial charge < -0.3 is 19.7 Å². The van der Waals surface area contributed by atoms with Crippen LogP contribution in [0.1, 0.15) is 34.3 Å². The van der Waals surface area contributed by atoms with E-state index >= 15 is 0 Å². The van der Waals surface area contributed by atoms with Crippen LogP contribution >= 0.6 is 0 Å². The van der Waals surface area contributed by atoms with Crippen molar-refractivity contribution in [3.8, 4) is 0 Å². The molecule has 0 aromatic heterocycles. The first-order valence-corrected chi connectivity index (χ1v) is 13.6. The second-order valence-electron chi connectivity index (χ2n) is 9.65. The van der Waals surface area contributed by atoms with Crippen LogP contribution in [0.5, 0.6) is 0 Å². The molecule has 4 rings (SSSR count). The Morgan fingerprint density at radius 2 is 1.34 bits per heavy atom. The molecular formula is C31H35N5O5. The highest BCUT2D eigenvalue weighted by molar-refractivity contribution is 6.01. The van der Waals surface area contributed by atoms with E-state index in [1.54, 1.807) is 24.3 Å². The van der Waals surface area contributed by atoms with E-state index < -0.39 is 6.09 Å². The van der Waals surface area contributed by atoms with Crippen molar-refractivity contribution in [2.75, 3.05) is 38.0 Å². The van der Waals surface area contributed by atoms with E-state index in [0.29, 0.717) is 43.8 Å². The minimum Gasteiger partial charge on any atom is -0.461 e. The highest BCUT2D eigenvalue weighted by Gasteiger charge is 2.22. The monoisotopic (exact) mass is 557 g/mol. The number of nitrogens with zero attached hydrogens (tertiary/aromatic N) is 2. The van der Waals surface area contributed by atoms with E-state index in [1.165, 1.54) is 0 Å². The van der Waals surface area contributed by atoms with Gasteiger partial charge in [0.1, 0.15) is 13.2 Å². The summed E-state index contributed by atoms with van der Waals surface area (Å²) in [4.78, 5) is 41.0. The maximum absolute atomic E-state index is 13.0. The number of carbonyl (C=O) groups excluding carboxylic acids is 3. The fourth-order valence-electron chi connectivity index (χ4n) is 4.35. The summed E-state index contributed by atoms with van der Waals surface area (Å²) < 4.78 is 10.4. The normalized spacial score (nSPS) is 13.2. The first kappa shape index (κ1) is 29.3. The lowest BCUT2D eigenvalue weighted by Gasteiger charge is -2.34. The summed E-state index contributed by atoms with van der Waals surface area (Å²) in [6.45, 7) is 3.88. The van der Waals surface area contributed by atoms with E-state index in [0.717, 1.165) is 30.8 Å². The highest BCUT2D eigenvalue weighted by Crippen LogP contribution is 2.14. The van der Waals surface area contributed by atoms with Crippen LogP contribution in [0.2, 0.25) is 0 Å². The first-order valence-electron chi connectivity index (χ1n) is 13.6. The minimum atomic E-state index is -0.736. The zero-order valence-corrected chi connectivity index (χ0v) is 22.9. The van der Waals surface area contributed by atoms with Crippen LogP contribution < -0.4 is 10.6 Å². The lowest BCUT2D eigenvalue weighted by molar-refractivity contribution is -0.145. The van der Waals surface area contributed by atoms with Crippen molar-refractivity contribution in [3.05, 3.63) is 102 Å². The summed E-state index contributed by atoms with van der Waals surface area (Å²) >= 11 is 0. The second-order valence-corrected chi connectivity index (χ2v) is 9.65. The number of amides is 2. The summed E-state index contributed by atoms with van der Waals surface area (Å²) in [7, 11) is 0. The molecule has 3 N–H and O–H groups in total. The molecule has 1 fully saturated rings. The Balaban J connectivity index is 1.11. The molecule has 0 bridgehead atoms. The fourth-order valence-corrected chi connectivity index (χ4v) is 4.35. The summed E-state index contributed by atoms with van der Waals surface area (Å²) in [6, 6.07) is 25.6. The Labute approximate surface area is 239 Å². The number of nitrogens with one attached hydrogen (secondary N) is 3. The minimum absolute atomic E-state index is 0.0571. The van der Waals surface area contributed by atoms with Crippen LogP contribution in [-0.4, -0.2) is 66.5 Å². The highest BCUT2D eigenvalue weighted by atomic mass is 16.5. The van der Waals surface area contributed by atoms with Gasteiger partial charge in [0.05, 0.1) is 0 Å². The average Bonchev–Trinajstić information content (AvgIpc) is 3.00. The molecule has 41 heavy (non-hydrogen) atoms. The molecule has 1 heterocycles. The second kappa shape index (κ2) is 15.2. The van der Waals surface area contributed by atoms with Gasteiger partial charge >= 0.3 is 12.1 Å². The Hall–Kier alpha value is -4.70. The number of rotatable bonds is 10. The lowest BCUT2D eigenvalue weighted by Crippen LogP contribution is -2.48. The Morgan fingerprint density at radius 3 is 1.95 bits per heavy atom. The van der Waals surface area contributed by atoms with Gasteiger partial charge in [-0.3, -0.25) is 25.2 Å². The van der Waals surface area contributed by atoms with E-state index in [-0.39, 0.29) is 24.4 Å². The number of carbonyl (C=O) groups is 3. The number of hydrogen-bond acceptors (Lipinski definition) is 7. The zero-order chi connectivity index (χ0) is 28.9. The van der Waals surface area contributed by atoms with Gasteiger partial charge in [0.15, 0.2) is 0 Å². The molecule has 2 amide bonds. The number of guanidine groups is 1. The van der Waals surface area contributed by atoms with Gasteiger partial charge in [-0.15, -0.1) is 0 Å². The van der Waals surface area contributed by atoms with Crippen molar-refractivity contribution < 1.29 is 23.9 Å². The molecule has 0 unspecified atom stereocenters. The number of piperazine rings is 1. The summed E-state index contributed by atoms with van der Waals surface area (Å²) in [6.07, 6.45) is 0.346. The van der Waals surface area contributed by atoms with Gasteiger partial charge in [-0.1, -0.05) is 60.7 Å². The van der Waals surface area contributed by atoms with Crippen LogP contribution in [0.25, 0.3) is 0 Å². The van der Waals surface area contributed by atoms with Crippen molar-refractivity contribution in [2.45, 2.75) is 26.1 Å². The number of benzene rings is 3. The van der Waals surface area contributed by atoms with Crippen molar-refractivity contribution in [1.82, 2.24) is 15.1 Å². The Bertz CT molecular complexity index is 1290. The van der Waals surface area contributed by atoms with Crippen LogP contribution in [0.4, 0.5) is 10.5 Å². The molecule has 1 aliphatic heterocycles. The van der Waals surface area contributed by atoms with Crippen LogP contribution in [0.15, 0.2) is 84.9 Å². The smallest absolute Gasteiger partial charge is 0.414 e. The Morgan fingerprint density at radius 1 is 0.756 bits per heavy atom. The third kappa shape index (κ3) is 9.77. The molecule has 10 heteroatoms. The molecule has 1 saturated heterocycles. The predicted molar refractivity (Wildman–Crippen MR) is 155 cm³/mol. The van der Waals surface area contributed by atoms with Crippen molar-refractivity contribution >= 4 is 29.6 Å². The molecule has 1 aliphatic rings. The van der Waals surface area contributed by atoms with E-state index in [9.17, 15) is 14.4 Å². The molecule has 0 radical (unpaired) electrons. The van der Waals surface area contributed by atoms with Gasteiger partial charge in [0.2, 0.25) is 5.96 Å². The molecule has 0 saturated carbocycles. The number of esters is 1. The van der Waals surface area contributed by atoms with Gasteiger partial charge in [0, 0.05) is 43.9 Å². The SMILES string of the molecule is N=C(NC(=O)OCc1ccccc1)Nc1ccc(C(=O)N2CCN(CCCC(=O)OCc3ccccc3)CC2)cc1. The number of ether oxygens (including phenoxy) is 2. The Kier molecular flexibility index (Phi) is 10.8. The van der Waals surface area contributed by atoms with Crippen molar-refractivity contribution in [2.24, 2.45) is 0 Å². The zero-order valence-electron chi connectivity index (χ0n) is 22.9. The quantitative estimate of drug-likeness (QED) is 0.194. The third-order valence-corrected chi connectivity index (χ3v) is 6.60. The first-order chi connectivity index (χ1) is 20.0. The molecule has 0 spiro atoms. The van der Waals surface area contributed by atoms with Crippen molar-refractivity contribution in [1.29, 1.82) is 5.41 Å². The molecular weight excluding hydrogens is 522 g/mol. The van der Waals surface area contributed by atoms with E-state index in [4.69, 9.17) is 14.9 Å². The van der Waals surface area contributed by atoms with Crippen LogP contribution in [0, 0.1) is 5.41 Å². The maximum atomic E-state index is 13.0. The number of anilines is 1. The maximum Gasteiger partial charge on any atom is 0.414 e. The summed E-state index contributed by atoms with van der Waals surface area (Å²) in [5.74, 6) is -0.490. The van der Waals surface area contributed by atoms with Gasteiger partial charge in [-0.2, -0.15) is 0 Å². The average molecular weight is 558 g/mol. The van der Waals surface area contributed by atoms with Crippen LogP contribution in [0.3, 0.4) is 0 Å². The molecule has 0 atom stereocenters. The lowest BCUT2D eigenvalue weighted by atomic mass is 10.1. The van der Waals surface area contributed by atoms with Gasteiger partial charge in [-0.05, 0) is 48.4 Å². The number of alkyl carbamates (subject to hydrolysis) is 1. The van der Waals surface area contributed by atoms with Gasteiger partial charge in [-0.25, -0.2) is 4.79 Å². The summed E-state index contributed by atoms with van der Waals surface area (Å²) in [5.41, 5.74) is 2.93. The molecule has 0 aliphatic carbocycles. The standard InChI is InChI=1S/C31H35N5O5/c32-30(34-31(39)41-23-25-10-5-2-6-11-25)33-27-15-13-26(14-16-27)29(38)36-20-18-35(19-21-36)17-7-12-28(37)40-22-24-8-3-1-4-9-24/h1-6,8-11,13-16H,7,12,17-23H2,(H3,32,33,34,39). The number of hydrogen-bond donors (Lipinski definition) is 3. The molecule has 3 aromatic rings. The molecule has 214 valence electrons. The summed E-state index contributed by atoms with van der Waals surface area (Å²) in [5, 5.41) is 13.1. The molecule has 3 aromatic carbocycles. The van der Waals surface area contributed by atoms with Crippen LogP contribution in [-0.2, 0) is 27.5 Å². The van der Waals surface area contributed by atoms with Crippen molar-refractivity contribution in [3.63, 3.8) is 0 Å². The van der Waals surface area contributed by atoms with E-state index in [1.807, 2.05) is 65.6 Å².